The highest BCUT2D eigenvalue weighted by molar-refractivity contribution is 5.85. The van der Waals surface area contributed by atoms with Crippen molar-refractivity contribution < 1.29 is 4.79 Å². The molecule has 0 spiro atoms. The zero-order valence-electron chi connectivity index (χ0n) is 12.4. The fourth-order valence-corrected chi connectivity index (χ4v) is 2.73. The van der Waals surface area contributed by atoms with Crippen molar-refractivity contribution >= 4 is 18.3 Å². The average Bonchev–Trinajstić information content (AvgIpc) is 2.92. The number of nitrogens with zero attached hydrogens (tertiary/aromatic N) is 1. The zero-order valence-corrected chi connectivity index (χ0v) is 13.2. The van der Waals surface area contributed by atoms with Crippen LogP contribution < -0.4 is 5.32 Å². The lowest BCUT2D eigenvalue weighted by molar-refractivity contribution is -0.132. The number of halogens is 1. The predicted octanol–water partition coefficient (Wildman–Crippen LogP) is 2.56. The van der Waals surface area contributed by atoms with Gasteiger partial charge in [0.1, 0.15) is 0 Å². The van der Waals surface area contributed by atoms with E-state index in [-0.39, 0.29) is 18.3 Å². The smallest absolute Gasteiger partial charge is 0.227 e. The van der Waals surface area contributed by atoms with Crippen molar-refractivity contribution in [3.63, 3.8) is 0 Å². The Morgan fingerprint density at radius 3 is 2.75 bits per heavy atom. The van der Waals surface area contributed by atoms with E-state index < -0.39 is 0 Å². The fourth-order valence-electron chi connectivity index (χ4n) is 2.73. The normalized spacial score (nSPS) is 17.6. The van der Waals surface area contributed by atoms with E-state index in [0.29, 0.717) is 12.5 Å². The molecule has 20 heavy (non-hydrogen) atoms. The van der Waals surface area contributed by atoms with Crippen LogP contribution in [0.15, 0.2) is 24.3 Å². The van der Waals surface area contributed by atoms with Crippen LogP contribution in [0.1, 0.15) is 30.9 Å². The molecule has 0 bridgehead atoms. The minimum Gasteiger partial charge on any atom is -0.338 e. The second kappa shape index (κ2) is 8.28. The number of hydrogen-bond donors (Lipinski definition) is 1. The van der Waals surface area contributed by atoms with Crippen molar-refractivity contribution in [1.29, 1.82) is 0 Å². The van der Waals surface area contributed by atoms with Gasteiger partial charge in [-0.05, 0) is 37.4 Å². The van der Waals surface area contributed by atoms with Crippen molar-refractivity contribution in [2.24, 2.45) is 0 Å². The van der Waals surface area contributed by atoms with Crippen LogP contribution in [0.2, 0.25) is 0 Å². The number of aryl methyl sites for hydroxylation is 1. The predicted molar refractivity (Wildman–Crippen MR) is 85.4 cm³/mol. The quantitative estimate of drug-likeness (QED) is 0.906. The van der Waals surface area contributed by atoms with Crippen LogP contribution >= 0.6 is 12.4 Å². The van der Waals surface area contributed by atoms with Gasteiger partial charge in [-0.3, -0.25) is 4.79 Å². The number of rotatable bonds is 5. The van der Waals surface area contributed by atoms with Crippen LogP contribution in [0.4, 0.5) is 0 Å². The van der Waals surface area contributed by atoms with E-state index in [0.717, 1.165) is 38.0 Å². The number of benzene rings is 1. The number of carbonyl (C=O) groups excluding carboxylic acids is 1. The lowest BCUT2D eigenvalue weighted by atomic mass is 10.0. The van der Waals surface area contributed by atoms with Crippen LogP contribution in [0.25, 0.3) is 0 Å². The molecule has 1 heterocycles. The van der Waals surface area contributed by atoms with Gasteiger partial charge in [-0.1, -0.05) is 31.2 Å². The highest BCUT2D eigenvalue weighted by Gasteiger charge is 2.25. The highest BCUT2D eigenvalue weighted by atomic mass is 35.5. The van der Waals surface area contributed by atoms with Crippen LogP contribution in [-0.2, 0) is 11.2 Å². The maximum atomic E-state index is 12.5. The van der Waals surface area contributed by atoms with Crippen molar-refractivity contribution in [2.75, 3.05) is 19.6 Å². The van der Waals surface area contributed by atoms with Crippen molar-refractivity contribution in [3.05, 3.63) is 35.4 Å². The molecule has 3 nitrogen and oxygen atoms in total. The molecule has 1 fully saturated rings. The van der Waals surface area contributed by atoms with Gasteiger partial charge in [0.25, 0.3) is 0 Å². The Morgan fingerprint density at radius 1 is 1.40 bits per heavy atom. The Balaban J connectivity index is 0.00000200. The summed E-state index contributed by atoms with van der Waals surface area (Å²) in [7, 11) is 0. The van der Waals surface area contributed by atoms with Gasteiger partial charge in [0, 0.05) is 19.1 Å². The molecule has 2 rings (SSSR count). The zero-order chi connectivity index (χ0) is 13.7. The van der Waals surface area contributed by atoms with Gasteiger partial charge in [-0.2, -0.15) is 0 Å². The maximum absolute atomic E-state index is 12.5. The van der Waals surface area contributed by atoms with Gasteiger partial charge in [-0.15, -0.1) is 12.4 Å². The average molecular weight is 297 g/mol. The summed E-state index contributed by atoms with van der Waals surface area (Å²) in [6.45, 7) is 7.05. The molecule has 112 valence electrons. The van der Waals surface area contributed by atoms with E-state index in [1.165, 1.54) is 5.56 Å². The first-order valence-corrected chi connectivity index (χ1v) is 7.27. The second-order valence-corrected chi connectivity index (χ2v) is 5.34. The number of nitrogens with one attached hydrogen (secondary N) is 1. The summed E-state index contributed by atoms with van der Waals surface area (Å²) >= 11 is 0. The molecule has 1 N–H and O–H groups in total. The van der Waals surface area contributed by atoms with Crippen LogP contribution in [-0.4, -0.2) is 36.5 Å². The first kappa shape index (κ1) is 17.0. The first-order valence-electron chi connectivity index (χ1n) is 7.27. The fraction of sp³-hybridized carbons (Fsp3) is 0.562. The van der Waals surface area contributed by atoms with E-state index >= 15 is 0 Å². The molecular formula is C16H25ClN2O. The Bertz CT molecular complexity index is 430. The molecule has 0 saturated carbocycles. The van der Waals surface area contributed by atoms with Gasteiger partial charge in [0.15, 0.2) is 0 Å². The third-order valence-corrected chi connectivity index (χ3v) is 3.86. The monoisotopic (exact) mass is 296 g/mol. The molecule has 4 heteroatoms. The lowest BCUT2D eigenvalue weighted by Crippen LogP contribution is -2.42. The molecule has 1 saturated heterocycles. The number of amides is 1. The van der Waals surface area contributed by atoms with Gasteiger partial charge < -0.3 is 10.2 Å². The molecule has 0 aromatic heterocycles. The maximum Gasteiger partial charge on any atom is 0.227 e. The summed E-state index contributed by atoms with van der Waals surface area (Å²) in [5.41, 5.74) is 2.36. The summed E-state index contributed by atoms with van der Waals surface area (Å²) < 4.78 is 0. The standard InChI is InChI=1S/C16H24N2O.ClH/c1-3-10-18(15-8-9-17-12-15)16(19)11-14-7-5-4-6-13(14)2;/h4-7,15,17H,3,8-12H2,1-2H3;1H. The van der Waals surface area contributed by atoms with Gasteiger partial charge in [-0.25, -0.2) is 0 Å². The van der Waals surface area contributed by atoms with Gasteiger partial charge >= 0.3 is 0 Å². The highest BCUT2D eigenvalue weighted by Crippen LogP contribution is 2.14. The summed E-state index contributed by atoms with van der Waals surface area (Å²) in [6.07, 6.45) is 2.64. The molecule has 0 aliphatic carbocycles. The summed E-state index contributed by atoms with van der Waals surface area (Å²) in [5.74, 6) is 0.268. The number of carbonyl (C=O) groups is 1. The molecule has 1 amide bonds. The van der Waals surface area contributed by atoms with Crippen molar-refractivity contribution in [1.82, 2.24) is 10.2 Å². The summed E-state index contributed by atoms with van der Waals surface area (Å²) in [6, 6.07) is 8.55. The Kier molecular flexibility index (Phi) is 7.03. The van der Waals surface area contributed by atoms with Gasteiger partial charge in [0.05, 0.1) is 6.42 Å². The van der Waals surface area contributed by atoms with Gasteiger partial charge in [0.2, 0.25) is 5.91 Å². The SMILES string of the molecule is CCCN(C(=O)Cc1ccccc1C)C1CCNC1.Cl. The molecule has 1 aliphatic heterocycles. The van der Waals surface area contributed by atoms with Crippen LogP contribution in [0, 0.1) is 6.92 Å². The summed E-state index contributed by atoms with van der Waals surface area (Å²) in [4.78, 5) is 14.6. The van der Waals surface area contributed by atoms with Crippen molar-refractivity contribution in [3.8, 4) is 0 Å². The van der Waals surface area contributed by atoms with E-state index in [4.69, 9.17) is 0 Å². The van der Waals surface area contributed by atoms with E-state index in [9.17, 15) is 4.79 Å². The number of hydrogen-bond acceptors (Lipinski definition) is 2. The minimum absolute atomic E-state index is 0. The van der Waals surface area contributed by atoms with E-state index in [2.05, 4.69) is 36.2 Å². The molecule has 0 radical (unpaired) electrons. The molecule has 1 aliphatic rings. The van der Waals surface area contributed by atoms with E-state index in [1.807, 2.05) is 12.1 Å². The first-order chi connectivity index (χ1) is 9.22. The molecule has 1 aromatic rings. The second-order valence-electron chi connectivity index (χ2n) is 5.34. The largest absolute Gasteiger partial charge is 0.338 e. The van der Waals surface area contributed by atoms with Crippen molar-refractivity contribution in [2.45, 2.75) is 39.2 Å². The molecule has 1 atom stereocenters. The van der Waals surface area contributed by atoms with Crippen LogP contribution in [0.5, 0.6) is 0 Å². The Hall–Kier alpha value is -1.06. The molecular weight excluding hydrogens is 272 g/mol. The molecule has 1 unspecified atom stereocenters. The Morgan fingerprint density at radius 2 is 2.15 bits per heavy atom. The minimum atomic E-state index is 0. The Labute approximate surface area is 128 Å². The lowest BCUT2D eigenvalue weighted by Gasteiger charge is -2.28. The van der Waals surface area contributed by atoms with E-state index in [1.54, 1.807) is 0 Å². The topological polar surface area (TPSA) is 32.3 Å². The summed E-state index contributed by atoms with van der Waals surface area (Å²) in [5, 5.41) is 3.35. The third kappa shape index (κ3) is 4.22. The molecule has 1 aromatic carbocycles. The van der Waals surface area contributed by atoms with Crippen LogP contribution in [0.3, 0.4) is 0 Å². The third-order valence-electron chi connectivity index (χ3n) is 3.86.